The lowest BCUT2D eigenvalue weighted by atomic mass is 9.49. The zero-order valence-corrected chi connectivity index (χ0v) is 19.2. The van der Waals surface area contributed by atoms with Gasteiger partial charge in [0.15, 0.2) is 0 Å². The number of piperazine rings is 1. The van der Waals surface area contributed by atoms with E-state index in [0.29, 0.717) is 19.0 Å². The van der Waals surface area contributed by atoms with Crippen LogP contribution in [-0.4, -0.2) is 60.9 Å². The first-order chi connectivity index (χ1) is 15.0. The fourth-order valence-corrected chi connectivity index (χ4v) is 7.44. The molecule has 0 aromatic heterocycles. The molecule has 0 unspecified atom stereocenters. The van der Waals surface area contributed by atoms with Crippen LogP contribution in [0.3, 0.4) is 0 Å². The van der Waals surface area contributed by atoms with Gasteiger partial charge in [-0.15, -0.1) is 0 Å². The minimum Gasteiger partial charge on any atom is -0.340 e. The Bertz CT molecular complexity index is 808. The van der Waals surface area contributed by atoms with Crippen LogP contribution in [0.1, 0.15) is 51.0 Å². The molecule has 1 heterocycles. The van der Waals surface area contributed by atoms with Crippen LogP contribution >= 0.6 is 0 Å². The number of aryl methyl sites for hydroxylation is 1. The lowest BCUT2D eigenvalue weighted by Crippen LogP contribution is -2.58. The summed E-state index contributed by atoms with van der Waals surface area (Å²) in [6.45, 7) is 8.33. The summed E-state index contributed by atoms with van der Waals surface area (Å²) < 4.78 is 0. The summed E-state index contributed by atoms with van der Waals surface area (Å²) in [7, 11) is 0. The molecule has 4 bridgehead atoms. The van der Waals surface area contributed by atoms with Crippen molar-refractivity contribution in [1.82, 2.24) is 9.80 Å². The molecule has 2 amide bonds. The van der Waals surface area contributed by atoms with Gasteiger partial charge in [-0.05, 0) is 81.8 Å². The van der Waals surface area contributed by atoms with E-state index in [-0.39, 0.29) is 11.3 Å². The smallest absolute Gasteiger partial charge is 0.241 e. The third-order valence-electron chi connectivity index (χ3n) is 8.53. The summed E-state index contributed by atoms with van der Waals surface area (Å²) in [5, 5.41) is 0. The normalized spacial score (nSPS) is 32.3. The molecule has 5 aliphatic rings. The number of hydrogen-bond donors (Lipinski definition) is 0. The molecule has 1 aromatic carbocycles. The number of likely N-dealkylation sites (N-methyl/N-ethyl adjacent to an activating group) is 1. The molecule has 1 saturated heterocycles. The molecule has 5 heteroatoms. The Balaban J connectivity index is 1.18. The van der Waals surface area contributed by atoms with Crippen LogP contribution in [0.2, 0.25) is 0 Å². The van der Waals surface area contributed by atoms with E-state index in [9.17, 15) is 9.59 Å². The average Bonchev–Trinajstić information content (AvgIpc) is 2.75. The molecule has 4 aliphatic carbocycles. The third-order valence-corrected chi connectivity index (χ3v) is 8.53. The number of hydrogen-bond acceptors (Lipinski definition) is 3. The SMILES string of the molecule is CCN(C(=O)CN1CCN(C(=O)C23CC4CC(CC(C4)C2)C3)CC1)c1ccccc1C. The third kappa shape index (κ3) is 3.90. The van der Waals surface area contributed by atoms with E-state index < -0.39 is 0 Å². The van der Waals surface area contributed by atoms with Gasteiger partial charge in [-0.1, -0.05) is 18.2 Å². The Morgan fingerprint density at radius 2 is 1.55 bits per heavy atom. The lowest BCUT2D eigenvalue weighted by molar-refractivity contribution is -0.159. The van der Waals surface area contributed by atoms with Crippen molar-refractivity contribution < 1.29 is 9.59 Å². The average molecular weight is 424 g/mol. The predicted octanol–water partition coefficient (Wildman–Crippen LogP) is 3.71. The first kappa shape index (κ1) is 21.0. The highest BCUT2D eigenvalue weighted by Gasteiger charge is 2.55. The molecule has 168 valence electrons. The quantitative estimate of drug-likeness (QED) is 0.725. The maximum absolute atomic E-state index is 13.6. The lowest BCUT2D eigenvalue weighted by Gasteiger charge is -2.57. The molecule has 1 aromatic rings. The van der Waals surface area contributed by atoms with Crippen molar-refractivity contribution in [2.75, 3.05) is 44.2 Å². The van der Waals surface area contributed by atoms with Gasteiger partial charge in [0.1, 0.15) is 0 Å². The number of para-hydroxylation sites is 1. The van der Waals surface area contributed by atoms with Gasteiger partial charge in [-0.2, -0.15) is 0 Å². The Morgan fingerprint density at radius 1 is 0.968 bits per heavy atom. The van der Waals surface area contributed by atoms with Gasteiger partial charge in [0.05, 0.1) is 12.0 Å². The maximum atomic E-state index is 13.6. The Hall–Kier alpha value is -1.88. The maximum Gasteiger partial charge on any atom is 0.241 e. The molecule has 0 radical (unpaired) electrons. The van der Waals surface area contributed by atoms with E-state index in [4.69, 9.17) is 0 Å². The first-order valence-corrected chi connectivity index (χ1v) is 12.3. The van der Waals surface area contributed by atoms with Gasteiger partial charge in [0, 0.05) is 38.4 Å². The number of carbonyl (C=O) groups excluding carboxylic acids is 2. The second kappa shape index (κ2) is 8.23. The Morgan fingerprint density at radius 3 is 2.10 bits per heavy atom. The first-order valence-electron chi connectivity index (χ1n) is 12.3. The standard InChI is InChI=1S/C26H37N3O2/c1-3-29(23-7-5-4-6-19(23)2)24(30)18-27-8-10-28(11-9-27)25(31)26-15-20-12-21(16-26)14-22(13-20)17-26/h4-7,20-22H,3,8-18H2,1-2H3. The monoisotopic (exact) mass is 423 g/mol. The highest BCUT2D eigenvalue weighted by molar-refractivity contribution is 5.95. The topological polar surface area (TPSA) is 43.9 Å². The summed E-state index contributed by atoms with van der Waals surface area (Å²) in [6, 6.07) is 8.09. The van der Waals surface area contributed by atoms with Gasteiger partial charge < -0.3 is 9.80 Å². The van der Waals surface area contributed by atoms with Gasteiger partial charge in [0.2, 0.25) is 11.8 Å². The number of carbonyl (C=O) groups is 2. The van der Waals surface area contributed by atoms with Crippen LogP contribution in [0.5, 0.6) is 0 Å². The van der Waals surface area contributed by atoms with Crippen molar-refractivity contribution in [1.29, 1.82) is 0 Å². The molecule has 6 rings (SSSR count). The predicted molar refractivity (Wildman–Crippen MR) is 123 cm³/mol. The number of nitrogens with zero attached hydrogens (tertiary/aromatic N) is 3. The Labute approximate surface area is 186 Å². The number of amides is 2. The van der Waals surface area contributed by atoms with Gasteiger partial charge in [0.25, 0.3) is 0 Å². The van der Waals surface area contributed by atoms with E-state index in [1.165, 1.54) is 19.3 Å². The largest absolute Gasteiger partial charge is 0.340 e. The van der Waals surface area contributed by atoms with Crippen molar-refractivity contribution in [3.63, 3.8) is 0 Å². The number of benzene rings is 1. The molecular weight excluding hydrogens is 386 g/mol. The van der Waals surface area contributed by atoms with Gasteiger partial charge in [-0.25, -0.2) is 0 Å². The van der Waals surface area contributed by atoms with Crippen LogP contribution in [0.15, 0.2) is 24.3 Å². The van der Waals surface area contributed by atoms with Crippen LogP contribution < -0.4 is 4.90 Å². The number of rotatable bonds is 5. The molecule has 5 fully saturated rings. The zero-order valence-electron chi connectivity index (χ0n) is 19.2. The minimum atomic E-state index is -0.0451. The molecule has 0 spiro atoms. The fraction of sp³-hybridized carbons (Fsp3) is 0.692. The second-order valence-electron chi connectivity index (χ2n) is 10.7. The molecule has 0 atom stereocenters. The van der Waals surface area contributed by atoms with Crippen molar-refractivity contribution in [2.45, 2.75) is 52.4 Å². The fourth-order valence-electron chi connectivity index (χ4n) is 7.44. The molecule has 4 saturated carbocycles. The van der Waals surface area contributed by atoms with E-state index in [0.717, 1.165) is 74.4 Å². The van der Waals surface area contributed by atoms with Crippen molar-refractivity contribution in [3.8, 4) is 0 Å². The van der Waals surface area contributed by atoms with Crippen molar-refractivity contribution in [2.24, 2.45) is 23.2 Å². The summed E-state index contributed by atoms with van der Waals surface area (Å²) >= 11 is 0. The molecule has 31 heavy (non-hydrogen) atoms. The minimum absolute atomic E-state index is 0.0451. The molecule has 1 aliphatic heterocycles. The van der Waals surface area contributed by atoms with Crippen LogP contribution in [0.4, 0.5) is 5.69 Å². The van der Waals surface area contributed by atoms with Crippen molar-refractivity contribution >= 4 is 17.5 Å². The van der Waals surface area contributed by atoms with Crippen LogP contribution in [0, 0.1) is 30.1 Å². The van der Waals surface area contributed by atoms with Crippen molar-refractivity contribution in [3.05, 3.63) is 29.8 Å². The van der Waals surface area contributed by atoms with Gasteiger partial charge >= 0.3 is 0 Å². The van der Waals surface area contributed by atoms with Crippen LogP contribution in [-0.2, 0) is 9.59 Å². The molecule has 0 N–H and O–H groups in total. The Kier molecular flexibility index (Phi) is 5.58. The van der Waals surface area contributed by atoms with E-state index in [1.807, 2.05) is 30.0 Å². The molecule has 5 nitrogen and oxygen atoms in total. The summed E-state index contributed by atoms with van der Waals surface area (Å²) in [5.41, 5.74) is 2.09. The highest BCUT2D eigenvalue weighted by Crippen LogP contribution is 2.60. The second-order valence-corrected chi connectivity index (χ2v) is 10.7. The summed E-state index contributed by atoms with van der Waals surface area (Å²) in [5.74, 6) is 2.99. The van der Waals surface area contributed by atoms with Crippen LogP contribution in [0.25, 0.3) is 0 Å². The van der Waals surface area contributed by atoms with Gasteiger partial charge in [-0.3, -0.25) is 14.5 Å². The highest BCUT2D eigenvalue weighted by atomic mass is 16.2. The van der Waals surface area contributed by atoms with E-state index in [2.05, 4.69) is 22.8 Å². The number of anilines is 1. The van der Waals surface area contributed by atoms with E-state index >= 15 is 0 Å². The van der Waals surface area contributed by atoms with E-state index in [1.54, 1.807) is 0 Å². The summed E-state index contributed by atoms with van der Waals surface area (Å²) in [4.78, 5) is 32.9. The zero-order chi connectivity index (χ0) is 21.6. The molecular formula is C26H37N3O2. The summed E-state index contributed by atoms with van der Waals surface area (Å²) in [6.07, 6.45) is 7.53.